The first-order valence-corrected chi connectivity index (χ1v) is 7.12. The van der Waals surface area contributed by atoms with Crippen LogP contribution in [0, 0.1) is 0 Å². The van der Waals surface area contributed by atoms with Crippen LogP contribution in [0.25, 0.3) is 10.8 Å². The number of pyridine rings is 1. The van der Waals surface area contributed by atoms with Crippen molar-refractivity contribution in [1.29, 1.82) is 0 Å². The molecule has 1 aromatic carbocycles. The Morgan fingerprint density at radius 1 is 1.20 bits per heavy atom. The van der Waals surface area contributed by atoms with Gasteiger partial charge in [-0.1, -0.05) is 25.3 Å². The lowest BCUT2D eigenvalue weighted by molar-refractivity contribution is 0.0697. The normalized spacial score (nSPS) is 16.2. The fourth-order valence-corrected chi connectivity index (χ4v) is 2.86. The number of hydrogen-bond donors (Lipinski definition) is 2. The van der Waals surface area contributed by atoms with Crippen molar-refractivity contribution in [3.63, 3.8) is 0 Å². The third-order valence-electron chi connectivity index (χ3n) is 3.96. The second-order valence-electron chi connectivity index (χ2n) is 5.38. The fourth-order valence-electron chi connectivity index (χ4n) is 2.86. The summed E-state index contributed by atoms with van der Waals surface area (Å²) in [4.78, 5) is 15.5. The molecule has 20 heavy (non-hydrogen) atoms. The fraction of sp³-hybridized carbons (Fsp3) is 0.375. The molecule has 2 N–H and O–H groups in total. The van der Waals surface area contributed by atoms with Crippen LogP contribution < -0.4 is 5.32 Å². The lowest BCUT2D eigenvalue weighted by Gasteiger charge is -2.24. The largest absolute Gasteiger partial charge is 0.478 e. The molecule has 0 atom stereocenters. The third kappa shape index (κ3) is 2.59. The van der Waals surface area contributed by atoms with Gasteiger partial charge in [-0.05, 0) is 36.4 Å². The summed E-state index contributed by atoms with van der Waals surface area (Å²) in [6.07, 6.45) is 7.91. The Kier molecular flexibility index (Phi) is 3.54. The monoisotopic (exact) mass is 270 g/mol. The van der Waals surface area contributed by atoms with Gasteiger partial charge >= 0.3 is 5.97 Å². The number of anilines is 1. The Bertz CT molecular complexity index is 633. The van der Waals surface area contributed by atoms with Crippen LogP contribution in [-0.4, -0.2) is 22.1 Å². The Morgan fingerprint density at radius 3 is 2.75 bits per heavy atom. The minimum Gasteiger partial charge on any atom is -0.478 e. The number of fused-ring (bicyclic) bond motifs is 1. The van der Waals surface area contributed by atoms with Crippen LogP contribution in [0.15, 0.2) is 30.5 Å². The van der Waals surface area contributed by atoms with Crippen molar-refractivity contribution in [3.8, 4) is 0 Å². The second kappa shape index (κ2) is 5.49. The van der Waals surface area contributed by atoms with E-state index in [0.717, 1.165) is 29.4 Å². The third-order valence-corrected chi connectivity index (χ3v) is 3.96. The van der Waals surface area contributed by atoms with E-state index in [9.17, 15) is 4.79 Å². The minimum atomic E-state index is -0.903. The number of aromatic nitrogens is 1. The molecule has 0 amide bonds. The number of rotatable bonds is 3. The highest BCUT2D eigenvalue weighted by Gasteiger charge is 2.15. The van der Waals surface area contributed by atoms with Crippen molar-refractivity contribution in [1.82, 2.24) is 4.98 Å². The van der Waals surface area contributed by atoms with Gasteiger partial charge < -0.3 is 10.4 Å². The Labute approximate surface area is 117 Å². The van der Waals surface area contributed by atoms with Crippen LogP contribution in [0.1, 0.15) is 42.5 Å². The van der Waals surface area contributed by atoms with E-state index in [1.54, 1.807) is 18.3 Å². The molecule has 1 heterocycles. The van der Waals surface area contributed by atoms with E-state index in [-0.39, 0.29) is 0 Å². The molecular weight excluding hydrogens is 252 g/mol. The zero-order valence-electron chi connectivity index (χ0n) is 11.3. The summed E-state index contributed by atoms with van der Waals surface area (Å²) in [6.45, 7) is 0. The summed E-state index contributed by atoms with van der Waals surface area (Å²) in [5.74, 6) is -0.100. The summed E-state index contributed by atoms with van der Waals surface area (Å²) in [5.41, 5.74) is 0.303. The maximum absolute atomic E-state index is 11.1. The second-order valence-corrected chi connectivity index (χ2v) is 5.38. The van der Waals surface area contributed by atoms with E-state index in [1.807, 2.05) is 12.1 Å². The first-order valence-electron chi connectivity index (χ1n) is 7.12. The molecule has 0 spiro atoms. The van der Waals surface area contributed by atoms with E-state index in [1.165, 1.54) is 19.3 Å². The van der Waals surface area contributed by atoms with E-state index >= 15 is 0 Å². The van der Waals surface area contributed by atoms with Crippen LogP contribution in [0.4, 0.5) is 5.82 Å². The van der Waals surface area contributed by atoms with Crippen LogP contribution in [0.2, 0.25) is 0 Å². The van der Waals surface area contributed by atoms with Gasteiger partial charge in [0.25, 0.3) is 0 Å². The van der Waals surface area contributed by atoms with Gasteiger partial charge in [-0.25, -0.2) is 9.78 Å². The Hall–Kier alpha value is -2.10. The van der Waals surface area contributed by atoms with Crippen LogP contribution in [-0.2, 0) is 0 Å². The van der Waals surface area contributed by atoms with E-state index in [2.05, 4.69) is 10.3 Å². The highest BCUT2D eigenvalue weighted by molar-refractivity contribution is 5.98. The molecule has 0 saturated heterocycles. The van der Waals surface area contributed by atoms with E-state index in [4.69, 9.17) is 5.11 Å². The van der Waals surface area contributed by atoms with Gasteiger partial charge in [0.15, 0.2) is 0 Å². The van der Waals surface area contributed by atoms with Crippen molar-refractivity contribution < 1.29 is 9.90 Å². The summed E-state index contributed by atoms with van der Waals surface area (Å²) >= 11 is 0. The predicted octanol–water partition coefficient (Wildman–Crippen LogP) is 3.68. The molecule has 2 aromatic rings. The van der Waals surface area contributed by atoms with Gasteiger partial charge in [0.05, 0.1) is 5.56 Å². The summed E-state index contributed by atoms with van der Waals surface area (Å²) in [7, 11) is 0. The van der Waals surface area contributed by atoms with Crippen LogP contribution in [0.3, 0.4) is 0 Å². The predicted molar refractivity (Wildman–Crippen MR) is 79.2 cm³/mol. The maximum atomic E-state index is 11.1. The number of hydrogen-bond acceptors (Lipinski definition) is 3. The molecule has 0 radical (unpaired) electrons. The summed E-state index contributed by atoms with van der Waals surface area (Å²) in [6, 6.07) is 7.54. The van der Waals surface area contributed by atoms with Gasteiger partial charge in [-0.15, -0.1) is 0 Å². The number of nitrogens with one attached hydrogen (secondary N) is 1. The molecule has 0 aliphatic heterocycles. The average molecular weight is 270 g/mol. The lowest BCUT2D eigenvalue weighted by atomic mass is 9.95. The minimum absolute atomic E-state index is 0.303. The molecule has 3 rings (SSSR count). The molecular formula is C16H18N2O2. The molecule has 0 unspecified atom stereocenters. The van der Waals surface area contributed by atoms with Crippen molar-refractivity contribution in [2.75, 3.05) is 5.32 Å². The van der Waals surface area contributed by atoms with Crippen LogP contribution >= 0.6 is 0 Å². The average Bonchev–Trinajstić information content (AvgIpc) is 2.48. The molecule has 1 aliphatic carbocycles. The molecule has 1 saturated carbocycles. The summed E-state index contributed by atoms with van der Waals surface area (Å²) in [5, 5.41) is 14.5. The van der Waals surface area contributed by atoms with Gasteiger partial charge in [0.2, 0.25) is 0 Å². The lowest BCUT2D eigenvalue weighted by Crippen LogP contribution is -2.22. The smallest absolute Gasteiger partial charge is 0.335 e. The summed E-state index contributed by atoms with van der Waals surface area (Å²) < 4.78 is 0. The van der Waals surface area contributed by atoms with Gasteiger partial charge in [-0.3, -0.25) is 0 Å². The van der Waals surface area contributed by atoms with Crippen molar-refractivity contribution in [2.45, 2.75) is 38.1 Å². The molecule has 4 heteroatoms. The van der Waals surface area contributed by atoms with Crippen molar-refractivity contribution >= 4 is 22.6 Å². The Morgan fingerprint density at radius 2 is 2.00 bits per heavy atom. The number of carboxylic acids is 1. The molecule has 1 aromatic heterocycles. The first-order chi connectivity index (χ1) is 9.74. The molecule has 1 fully saturated rings. The number of aromatic carboxylic acids is 1. The highest BCUT2D eigenvalue weighted by atomic mass is 16.4. The first kappa shape index (κ1) is 12.9. The Balaban J connectivity index is 1.96. The van der Waals surface area contributed by atoms with Gasteiger partial charge in [0.1, 0.15) is 5.82 Å². The molecule has 1 aliphatic rings. The highest BCUT2D eigenvalue weighted by Crippen LogP contribution is 2.26. The van der Waals surface area contributed by atoms with Crippen molar-refractivity contribution in [3.05, 3.63) is 36.0 Å². The van der Waals surface area contributed by atoms with E-state index in [0.29, 0.717) is 11.6 Å². The number of carbonyl (C=O) groups is 1. The number of nitrogens with zero attached hydrogens (tertiary/aromatic N) is 1. The standard InChI is InChI=1S/C16H18N2O2/c19-16(20)12-7-6-11-8-9-17-15(14(11)10-12)18-13-4-2-1-3-5-13/h6-10,13H,1-5H2,(H,17,18)(H,19,20). The van der Waals surface area contributed by atoms with E-state index < -0.39 is 5.97 Å². The van der Waals surface area contributed by atoms with Crippen LogP contribution in [0.5, 0.6) is 0 Å². The molecule has 4 nitrogen and oxygen atoms in total. The quantitative estimate of drug-likeness (QED) is 0.893. The maximum Gasteiger partial charge on any atom is 0.335 e. The topological polar surface area (TPSA) is 62.2 Å². The zero-order chi connectivity index (χ0) is 13.9. The number of benzene rings is 1. The SMILES string of the molecule is O=C(O)c1ccc2ccnc(NC3CCCCC3)c2c1. The van der Waals surface area contributed by atoms with Crippen molar-refractivity contribution in [2.24, 2.45) is 0 Å². The molecule has 0 bridgehead atoms. The van der Waals surface area contributed by atoms with Gasteiger partial charge in [-0.2, -0.15) is 0 Å². The number of carboxylic acid groups (broad SMARTS) is 1. The molecule has 104 valence electrons. The van der Waals surface area contributed by atoms with Gasteiger partial charge in [0, 0.05) is 17.6 Å². The zero-order valence-corrected chi connectivity index (χ0v) is 11.3.